The van der Waals surface area contributed by atoms with Crippen LogP contribution in [0.25, 0.3) is 11.4 Å². The van der Waals surface area contributed by atoms with Crippen LogP contribution in [0.15, 0.2) is 46.2 Å². The van der Waals surface area contributed by atoms with E-state index >= 15 is 0 Å². The summed E-state index contributed by atoms with van der Waals surface area (Å²) in [6.45, 7) is 13.6. The number of nitrogens with zero attached hydrogens (tertiary/aromatic N) is 2. The Bertz CT molecular complexity index is 970. The summed E-state index contributed by atoms with van der Waals surface area (Å²) in [4.78, 5) is 33.5. The Balaban J connectivity index is 1.97. The maximum atomic E-state index is 13.8. The first-order chi connectivity index (χ1) is 14.0. The maximum Gasteiger partial charge on any atom is 0.261 e. The van der Waals surface area contributed by atoms with Gasteiger partial charge in [0.05, 0.1) is 48.4 Å². The second-order valence-electron chi connectivity index (χ2n) is 10.3. The number of thiophene rings is 2. The molecule has 0 N–H and O–H groups in total. The molecule has 0 aliphatic carbocycles. The lowest BCUT2D eigenvalue weighted by Crippen LogP contribution is -2.43. The van der Waals surface area contributed by atoms with Gasteiger partial charge in [0.25, 0.3) is 11.8 Å². The average Bonchev–Trinajstić information content (AvgIpc) is 3.37. The second kappa shape index (κ2) is 7.44. The average molecular weight is 473 g/mol. The van der Waals surface area contributed by atoms with E-state index in [-0.39, 0.29) is 11.8 Å². The molecule has 158 valence electrons. The molecule has 4 heterocycles. The zero-order valence-electron chi connectivity index (χ0n) is 18.4. The van der Waals surface area contributed by atoms with Crippen LogP contribution >= 0.6 is 22.7 Å². The van der Waals surface area contributed by atoms with E-state index in [1.165, 1.54) is 0 Å². The molecule has 0 saturated carbocycles. The maximum absolute atomic E-state index is 13.8. The molecule has 0 saturated heterocycles. The van der Waals surface area contributed by atoms with Gasteiger partial charge in [-0.1, -0.05) is 51.4 Å². The predicted octanol–water partition coefficient (Wildman–Crippen LogP) is 5.37. The SMILES string of the molecule is C[Si](C)(C)CN1C(=O)C2=C(c3cccs3)N(C[Si](C)(C)C)C(=O)C2=C1c1cccs1. The van der Waals surface area contributed by atoms with E-state index in [2.05, 4.69) is 39.3 Å². The third-order valence-electron chi connectivity index (χ3n) is 4.96. The van der Waals surface area contributed by atoms with Crippen molar-refractivity contribution in [2.45, 2.75) is 39.3 Å². The normalized spacial score (nSPS) is 17.7. The van der Waals surface area contributed by atoms with Crippen molar-refractivity contribution in [2.24, 2.45) is 0 Å². The summed E-state index contributed by atoms with van der Waals surface area (Å²) in [7, 11) is -3.19. The summed E-state index contributed by atoms with van der Waals surface area (Å²) in [6, 6.07) is 8.04. The Morgan fingerprint density at radius 1 is 0.700 bits per heavy atom. The van der Waals surface area contributed by atoms with E-state index < -0.39 is 16.1 Å². The van der Waals surface area contributed by atoms with Crippen molar-refractivity contribution >= 4 is 62.0 Å². The third-order valence-corrected chi connectivity index (χ3v) is 9.24. The molecular weight excluding hydrogens is 445 g/mol. The van der Waals surface area contributed by atoms with E-state index in [1.54, 1.807) is 22.7 Å². The molecule has 0 aromatic carbocycles. The highest BCUT2D eigenvalue weighted by atomic mass is 32.1. The molecular formula is C22H28N2O2S2Si2. The van der Waals surface area contributed by atoms with Gasteiger partial charge in [-0.3, -0.25) is 9.59 Å². The molecule has 2 aromatic rings. The smallest absolute Gasteiger partial charge is 0.261 e. The summed E-state index contributed by atoms with van der Waals surface area (Å²) in [5, 5.41) is 4.03. The monoisotopic (exact) mass is 472 g/mol. The fraction of sp³-hybridized carbons (Fsp3) is 0.364. The van der Waals surface area contributed by atoms with Crippen LogP contribution in [0.5, 0.6) is 0 Å². The van der Waals surface area contributed by atoms with E-state index in [1.807, 2.05) is 44.8 Å². The molecule has 0 spiro atoms. The topological polar surface area (TPSA) is 40.6 Å². The Kier molecular flexibility index (Phi) is 5.33. The zero-order chi connectivity index (χ0) is 21.8. The first-order valence-corrected chi connectivity index (χ1v) is 19.4. The van der Waals surface area contributed by atoms with Crippen molar-refractivity contribution in [3.8, 4) is 0 Å². The Hall–Kier alpha value is -1.75. The van der Waals surface area contributed by atoms with Crippen LogP contribution in [-0.2, 0) is 9.59 Å². The minimum absolute atomic E-state index is 0.00866. The van der Waals surface area contributed by atoms with Crippen LogP contribution in [0.3, 0.4) is 0 Å². The van der Waals surface area contributed by atoms with Crippen molar-refractivity contribution in [3.63, 3.8) is 0 Å². The molecule has 4 nitrogen and oxygen atoms in total. The van der Waals surface area contributed by atoms with Crippen molar-refractivity contribution < 1.29 is 9.59 Å². The minimum atomic E-state index is -1.59. The zero-order valence-corrected chi connectivity index (χ0v) is 22.0. The molecule has 8 heteroatoms. The predicted molar refractivity (Wildman–Crippen MR) is 133 cm³/mol. The fourth-order valence-corrected chi connectivity index (χ4v) is 8.06. The summed E-state index contributed by atoms with van der Waals surface area (Å²) in [5.41, 5.74) is 2.87. The van der Waals surface area contributed by atoms with Crippen LogP contribution in [0.1, 0.15) is 9.75 Å². The van der Waals surface area contributed by atoms with Crippen molar-refractivity contribution in [1.29, 1.82) is 0 Å². The number of amides is 2. The van der Waals surface area contributed by atoms with Gasteiger partial charge in [-0.15, -0.1) is 22.7 Å². The molecule has 0 unspecified atom stereocenters. The van der Waals surface area contributed by atoms with E-state index in [0.29, 0.717) is 23.5 Å². The van der Waals surface area contributed by atoms with Gasteiger partial charge in [0.15, 0.2) is 0 Å². The van der Waals surface area contributed by atoms with Gasteiger partial charge in [0.1, 0.15) is 0 Å². The van der Waals surface area contributed by atoms with Crippen LogP contribution < -0.4 is 0 Å². The van der Waals surface area contributed by atoms with Crippen LogP contribution in [0.2, 0.25) is 39.3 Å². The lowest BCUT2D eigenvalue weighted by Gasteiger charge is -2.30. The first-order valence-electron chi connectivity index (χ1n) is 10.2. The highest BCUT2D eigenvalue weighted by Crippen LogP contribution is 2.48. The van der Waals surface area contributed by atoms with Gasteiger partial charge < -0.3 is 9.80 Å². The van der Waals surface area contributed by atoms with Crippen molar-refractivity contribution in [1.82, 2.24) is 9.80 Å². The van der Waals surface area contributed by atoms with Gasteiger partial charge in [-0.25, -0.2) is 0 Å². The second-order valence-corrected chi connectivity index (χ2v) is 23.1. The largest absolute Gasteiger partial charge is 0.309 e. The molecule has 0 bridgehead atoms. The molecule has 2 aliphatic rings. The summed E-state index contributed by atoms with van der Waals surface area (Å²) >= 11 is 3.20. The Labute approximate surface area is 188 Å². The van der Waals surface area contributed by atoms with Gasteiger partial charge in [0, 0.05) is 12.3 Å². The van der Waals surface area contributed by atoms with Crippen LogP contribution in [0.4, 0.5) is 0 Å². The third kappa shape index (κ3) is 3.81. The van der Waals surface area contributed by atoms with Crippen LogP contribution in [0, 0.1) is 0 Å². The number of hydrogen-bond acceptors (Lipinski definition) is 4. The summed E-state index contributed by atoms with van der Waals surface area (Å²) < 4.78 is 0. The highest BCUT2D eigenvalue weighted by Gasteiger charge is 2.50. The highest BCUT2D eigenvalue weighted by molar-refractivity contribution is 7.11. The number of carbonyl (C=O) groups is 2. The molecule has 0 radical (unpaired) electrons. The summed E-state index contributed by atoms with van der Waals surface area (Å²) in [6.07, 6.45) is 1.43. The lowest BCUT2D eigenvalue weighted by molar-refractivity contribution is -0.123. The molecule has 4 rings (SSSR count). The van der Waals surface area contributed by atoms with Gasteiger partial charge >= 0.3 is 0 Å². The Morgan fingerprint density at radius 2 is 1.07 bits per heavy atom. The molecule has 0 fully saturated rings. The minimum Gasteiger partial charge on any atom is -0.309 e. The number of carbonyl (C=O) groups excluding carboxylic acids is 2. The fourth-order valence-electron chi connectivity index (χ4n) is 3.99. The van der Waals surface area contributed by atoms with E-state index in [9.17, 15) is 9.59 Å². The van der Waals surface area contributed by atoms with Gasteiger partial charge in [0.2, 0.25) is 0 Å². The molecule has 0 atom stereocenters. The van der Waals surface area contributed by atoms with Crippen LogP contribution in [-0.4, -0.2) is 50.1 Å². The first kappa shape index (κ1) is 21.5. The standard InChI is InChI=1S/C22H28N2O2S2Si2/c1-29(2,3)13-23-19(15-9-7-11-27-15)17-18(21(23)25)20(16-10-8-12-28-16)24(22(17)26)14-30(4,5)6/h7-12H,13-14H2,1-6H3. The number of hydrogen-bond donors (Lipinski definition) is 0. The number of rotatable bonds is 6. The molecule has 2 aromatic heterocycles. The van der Waals surface area contributed by atoms with Crippen molar-refractivity contribution in [3.05, 3.63) is 55.9 Å². The number of fused-ring (bicyclic) bond motifs is 1. The molecule has 2 aliphatic heterocycles. The molecule has 30 heavy (non-hydrogen) atoms. The molecule has 2 amide bonds. The van der Waals surface area contributed by atoms with Gasteiger partial charge in [-0.05, 0) is 22.9 Å². The van der Waals surface area contributed by atoms with Gasteiger partial charge in [-0.2, -0.15) is 0 Å². The van der Waals surface area contributed by atoms with Crippen molar-refractivity contribution in [2.75, 3.05) is 12.3 Å². The van der Waals surface area contributed by atoms with E-state index in [0.717, 1.165) is 21.1 Å². The Morgan fingerprint density at radius 3 is 1.33 bits per heavy atom. The summed E-state index contributed by atoms with van der Waals surface area (Å²) in [5.74, 6) is -0.0173. The van der Waals surface area contributed by atoms with E-state index in [4.69, 9.17) is 0 Å². The lowest BCUT2D eigenvalue weighted by atomic mass is 10.1. The quantitative estimate of drug-likeness (QED) is 0.530.